The molecule has 0 heterocycles. The molecule has 0 spiro atoms. The lowest BCUT2D eigenvalue weighted by molar-refractivity contribution is 0.0499. The monoisotopic (exact) mass is 302 g/mol. The normalized spacial score (nSPS) is 10.3. The van der Waals surface area contributed by atoms with Crippen molar-refractivity contribution < 1.29 is 24.1 Å². The lowest BCUT2D eigenvalue weighted by Crippen LogP contribution is -2.05. The molecule has 0 bridgehead atoms. The van der Waals surface area contributed by atoms with Crippen molar-refractivity contribution in [3.8, 4) is 17.2 Å². The van der Waals surface area contributed by atoms with Gasteiger partial charge in [0.15, 0.2) is 12.6 Å². The zero-order valence-electron chi connectivity index (χ0n) is 12.5. The first-order chi connectivity index (χ1) is 10.6. The van der Waals surface area contributed by atoms with Gasteiger partial charge >= 0.3 is 0 Å². The van der Waals surface area contributed by atoms with Crippen molar-refractivity contribution in [2.75, 3.05) is 13.9 Å². The summed E-state index contributed by atoms with van der Waals surface area (Å²) in [5.74, 6) is 0.178. The third-order valence-corrected chi connectivity index (χ3v) is 2.99. The molecule has 0 aliphatic heterocycles. The summed E-state index contributed by atoms with van der Waals surface area (Å²) in [6.45, 7) is 1.69. The molecule has 0 aliphatic rings. The Bertz CT molecular complexity index is 637. The van der Waals surface area contributed by atoms with Crippen LogP contribution in [-0.4, -0.2) is 24.8 Å². The molecule has 2 aromatic rings. The molecule has 2 rings (SSSR count). The number of carbonyl (C=O) groups excluding carboxylic acids is 1. The number of carbonyl (C=O) groups is 1. The number of ether oxygens (including phenoxy) is 3. The topological polar surface area (TPSA) is 65.0 Å². The zero-order chi connectivity index (χ0) is 15.9. The van der Waals surface area contributed by atoms with Gasteiger partial charge in [-0.3, -0.25) is 4.79 Å². The first-order valence-electron chi connectivity index (χ1n) is 6.78. The predicted octanol–water partition coefficient (Wildman–Crippen LogP) is 3.16. The zero-order valence-corrected chi connectivity index (χ0v) is 12.5. The summed E-state index contributed by atoms with van der Waals surface area (Å²) in [6, 6.07) is 12.6. The molecule has 116 valence electrons. The Morgan fingerprint density at radius 2 is 1.86 bits per heavy atom. The van der Waals surface area contributed by atoms with Crippen LogP contribution >= 0.6 is 0 Å². The molecular formula is C17H18O5. The van der Waals surface area contributed by atoms with Crippen LogP contribution in [0.3, 0.4) is 0 Å². The molecule has 0 fully saturated rings. The van der Waals surface area contributed by atoms with Crippen LogP contribution in [0.4, 0.5) is 0 Å². The molecule has 0 aliphatic carbocycles. The second kappa shape index (κ2) is 7.47. The Labute approximate surface area is 129 Å². The van der Waals surface area contributed by atoms with Crippen LogP contribution in [-0.2, 0) is 11.3 Å². The molecule has 0 aromatic heterocycles. The first-order valence-corrected chi connectivity index (χ1v) is 6.78. The van der Waals surface area contributed by atoms with Gasteiger partial charge in [0.1, 0.15) is 29.4 Å². The lowest BCUT2D eigenvalue weighted by Gasteiger charge is -2.13. The minimum Gasteiger partial charge on any atom is -0.507 e. The molecule has 5 nitrogen and oxygen atoms in total. The average molecular weight is 302 g/mol. The van der Waals surface area contributed by atoms with Crippen LogP contribution < -0.4 is 9.47 Å². The highest BCUT2D eigenvalue weighted by Crippen LogP contribution is 2.34. The van der Waals surface area contributed by atoms with Gasteiger partial charge in [-0.15, -0.1) is 0 Å². The number of hydrogen-bond acceptors (Lipinski definition) is 5. The fraction of sp³-hybridized carbons (Fsp3) is 0.235. The molecule has 0 saturated carbocycles. The number of aromatic hydroxyl groups is 1. The molecular weight excluding hydrogens is 284 g/mol. The van der Waals surface area contributed by atoms with Crippen LogP contribution in [0.1, 0.15) is 22.8 Å². The predicted molar refractivity (Wildman–Crippen MR) is 81.4 cm³/mol. The van der Waals surface area contributed by atoms with E-state index in [4.69, 9.17) is 14.2 Å². The van der Waals surface area contributed by atoms with E-state index < -0.39 is 0 Å². The summed E-state index contributed by atoms with van der Waals surface area (Å²) < 4.78 is 15.8. The molecule has 1 N–H and O–H groups in total. The summed E-state index contributed by atoms with van der Waals surface area (Å²) in [7, 11) is 1.48. The lowest BCUT2D eigenvalue weighted by atomic mass is 10.1. The summed E-state index contributed by atoms with van der Waals surface area (Å²) in [4.78, 5) is 11.6. The number of phenols is 1. The van der Waals surface area contributed by atoms with Crippen molar-refractivity contribution in [1.29, 1.82) is 0 Å². The van der Waals surface area contributed by atoms with Crippen molar-refractivity contribution in [2.45, 2.75) is 13.5 Å². The largest absolute Gasteiger partial charge is 0.507 e. The van der Waals surface area contributed by atoms with Gasteiger partial charge in [-0.1, -0.05) is 30.3 Å². The number of benzene rings is 2. The van der Waals surface area contributed by atoms with Crippen molar-refractivity contribution in [3.63, 3.8) is 0 Å². The van der Waals surface area contributed by atoms with E-state index >= 15 is 0 Å². The first kappa shape index (κ1) is 15.9. The standard InChI is InChI=1S/C17H18O5/c1-12(18)17-15(19)8-14(9-16(17)22-11-20-2)21-10-13-6-4-3-5-7-13/h3-9,19H,10-11H2,1-2H3. The van der Waals surface area contributed by atoms with E-state index in [1.54, 1.807) is 6.07 Å². The SMILES string of the molecule is COCOc1cc(OCc2ccccc2)cc(O)c1C(C)=O. The van der Waals surface area contributed by atoms with E-state index in [1.165, 1.54) is 20.1 Å². The van der Waals surface area contributed by atoms with Crippen molar-refractivity contribution >= 4 is 5.78 Å². The van der Waals surface area contributed by atoms with Crippen LogP contribution in [0, 0.1) is 0 Å². The van der Waals surface area contributed by atoms with Gasteiger partial charge in [-0.05, 0) is 12.5 Å². The van der Waals surface area contributed by atoms with Crippen molar-refractivity contribution in [2.24, 2.45) is 0 Å². The quantitative estimate of drug-likeness (QED) is 0.628. The number of rotatable bonds is 7. The molecule has 22 heavy (non-hydrogen) atoms. The van der Waals surface area contributed by atoms with Gasteiger partial charge in [0.25, 0.3) is 0 Å². The summed E-state index contributed by atoms with van der Waals surface area (Å²) in [5, 5.41) is 10.0. The number of ketones is 1. The minimum absolute atomic E-state index is 0.0259. The maximum absolute atomic E-state index is 11.6. The van der Waals surface area contributed by atoms with Gasteiger partial charge in [-0.25, -0.2) is 0 Å². The number of Topliss-reactive ketones (excluding diaryl/α,β-unsaturated/α-hetero) is 1. The summed E-state index contributed by atoms with van der Waals surface area (Å²) >= 11 is 0. The summed E-state index contributed by atoms with van der Waals surface area (Å²) in [5.41, 5.74) is 1.11. The maximum atomic E-state index is 11.6. The third-order valence-electron chi connectivity index (χ3n) is 2.99. The Morgan fingerprint density at radius 1 is 1.14 bits per heavy atom. The van der Waals surface area contributed by atoms with Gasteiger partial charge in [0.2, 0.25) is 0 Å². The highest BCUT2D eigenvalue weighted by Gasteiger charge is 2.16. The van der Waals surface area contributed by atoms with Gasteiger partial charge < -0.3 is 19.3 Å². The molecule has 5 heteroatoms. The molecule has 0 atom stereocenters. The number of hydrogen-bond donors (Lipinski definition) is 1. The Hall–Kier alpha value is -2.53. The maximum Gasteiger partial charge on any atom is 0.188 e. The molecule has 0 saturated heterocycles. The van der Waals surface area contributed by atoms with Crippen molar-refractivity contribution in [3.05, 3.63) is 53.6 Å². The van der Waals surface area contributed by atoms with Crippen LogP contribution in [0.2, 0.25) is 0 Å². The minimum atomic E-state index is -0.293. The molecule has 2 aromatic carbocycles. The van der Waals surface area contributed by atoms with Crippen LogP contribution in [0.5, 0.6) is 17.2 Å². The van der Waals surface area contributed by atoms with Gasteiger partial charge in [-0.2, -0.15) is 0 Å². The van der Waals surface area contributed by atoms with E-state index in [-0.39, 0.29) is 29.6 Å². The highest BCUT2D eigenvalue weighted by molar-refractivity contribution is 5.99. The van der Waals surface area contributed by atoms with E-state index in [0.29, 0.717) is 12.4 Å². The van der Waals surface area contributed by atoms with Gasteiger partial charge in [0.05, 0.1) is 0 Å². The van der Waals surface area contributed by atoms with Crippen LogP contribution in [0.15, 0.2) is 42.5 Å². The molecule has 0 unspecified atom stereocenters. The second-order valence-electron chi connectivity index (χ2n) is 4.70. The average Bonchev–Trinajstić information content (AvgIpc) is 2.51. The van der Waals surface area contributed by atoms with Crippen LogP contribution in [0.25, 0.3) is 0 Å². The number of methoxy groups -OCH3 is 1. The molecule has 0 amide bonds. The fourth-order valence-electron chi connectivity index (χ4n) is 1.99. The Morgan fingerprint density at radius 3 is 2.50 bits per heavy atom. The van der Waals surface area contributed by atoms with Gasteiger partial charge in [0, 0.05) is 19.2 Å². The smallest absolute Gasteiger partial charge is 0.188 e. The van der Waals surface area contributed by atoms with E-state index in [9.17, 15) is 9.90 Å². The van der Waals surface area contributed by atoms with E-state index in [0.717, 1.165) is 5.56 Å². The Kier molecular flexibility index (Phi) is 5.38. The Balaban J connectivity index is 2.21. The molecule has 0 radical (unpaired) electrons. The van der Waals surface area contributed by atoms with E-state index in [2.05, 4.69) is 0 Å². The highest BCUT2D eigenvalue weighted by atomic mass is 16.7. The second-order valence-corrected chi connectivity index (χ2v) is 4.70. The van der Waals surface area contributed by atoms with Crippen molar-refractivity contribution in [1.82, 2.24) is 0 Å². The number of phenolic OH excluding ortho intramolecular Hbond substituents is 1. The summed E-state index contributed by atoms with van der Waals surface area (Å²) in [6.07, 6.45) is 0. The fourth-order valence-corrected chi connectivity index (χ4v) is 1.99. The van der Waals surface area contributed by atoms with E-state index in [1.807, 2.05) is 30.3 Å². The third kappa shape index (κ3) is 3.99.